The fourth-order valence-corrected chi connectivity index (χ4v) is 1.99. The molecule has 1 aromatic rings. The number of hydrogen-bond donors (Lipinski definition) is 1. The molecule has 4 heteroatoms. The number of nitrogens with zero attached hydrogens (tertiary/aromatic N) is 1. The van der Waals surface area contributed by atoms with Gasteiger partial charge in [0, 0.05) is 13.1 Å². The summed E-state index contributed by atoms with van der Waals surface area (Å²) in [5, 5.41) is 8.54. The van der Waals surface area contributed by atoms with E-state index in [-0.39, 0.29) is 18.3 Å². The van der Waals surface area contributed by atoms with Crippen LogP contribution in [0.2, 0.25) is 0 Å². The smallest absolute Gasteiger partial charge is 0.410 e. The zero-order valence-electron chi connectivity index (χ0n) is 13.3. The molecule has 0 saturated carbocycles. The van der Waals surface area contributed by atoms with Crippen LogP contribution < -0.4 is 0 Å². The number of carbonyl (C=O) groups is 1. The molecule has 118 valence electrons. The summed E-state index contributed by atoms with van der Waals surface area (Å²) in [5.74, 6) is 0. The van der Waals surface area contributed by atoms with E-state index in [0.29, 0.717) is 0 Å². The van der Waals surface area contributed by atoms with Crippen molar-refractivity contribution in [2.24, 2.45) is 0 Å². The lowest BCUT2D eigenvalue weighted by atomic mass is 10.1. The van der Waals surface area contributed by atoms with Gasteiger partial charge in [-0.1, -0.05) is 30.3 Å². The molecular weight excluding hydrogens is 266 g/mol. The molecule has 0 bridgehead atoms. The maximum Gasteiger partial charge on any atom is 0.410 e. The van der Waals surface area contributed by atoms with E-state index in [2.05, 4.69) is 0 Å². The standard InChI is InChI=1S/C10H19NO2.C7H8O/c1-10(2,3)13-9(12)11-7-5-4-6-8-11;8-6-7-4-2-1-3-5-7/h4-8H2,1-3H3;1-5,8H,6H2. The molecule has 0 atom stereocenters. The van der Waals surface area contributed by atoms with Gasteiger partial charge >= 0.3 is 6.09 Å². The maximum atomic E-state index is 11.5. The van der Waals surface area contributed by atoms with Gasteiger partial charge in [0.05, 0.1) is 6.61 Å². The fourth-order valence-electron chi connectivity index (χ4n) is 1.99. The van der Waals surface area contributed by atoms with Crippen LogP contribution in [0.4, 0.5) is 4.79 Å². The molecule has 1 fully saturated rings. The molecule has 0 aromatic heterocycles. The number of rotatable bonds is 1. The van der Waals surface area contributed by atoms with Gasteiger partial charge in [0.1, 0.15) is 5.60 Å². The van der Waals surface area contributed by atoms with E-state index in [9.17, 15) is 4.79 Å². The average Bonchev–Trinajstić information content (AvgIpc) is 2.48. The highest BCUT2D eigenvalue weighted by Gasteiger charge is 2.22. The highest BCUT2D eigenvalue weighted by molar-refractivity contribution is 5.68. The summed E-state index contributed by atoms with van der Waals surface area (Å²) < 4.78 is 5.26. The Kier molecular flexibility index (Phi) is 7.23. The number of amides is 1. The number of aliphatic hydroxyl groups excluding tert-OH is 1. The van der Waals surface area contributed by atoms with Crippen LogP contribution in [0.1, 0.15) is 45.6 Å². The Morgan fingerprint density at radius 2 is 1.71 bits per heavy atom. The molecule has 1 aromatic carbocycles. The molecule has 1 saturated heterocycles. The Bertz CT molecular complexity index is 406. The Balaban J connectivity index is 0.000000235. The molecule has 0 unspecified atom stereocenters. The molecule has 1 N–H and O–H groups in total. The van der Waals surface area contributed by atoms with E-state index in [0.717, 1.165) is 31.5 Å². The molecule has 1 amide bonds. The van der Waals surface area contributed by atoms with Gasteiger partial charge in [-0.15, -0.1) is 0 Å². The van der Waals surface area contributed by atoms with Crippen LogP contribution in [0, 0.1) is 0 Å². The van der Waals surface area contributed by atoms with Crippen molar-refractivity contribution >= 4 is 6.09 Å². The average molecular weight is 293 g/mol. The van der Waals surface area contributed by atoms with Crippen LogP contribution in [0.15, 0.2) is 30.3 Å². The molecule has 1 heterocycles. The summed E-state index contributed by atoms with van der Waals surface area (Å²) in [6.45, 7) is 7.54. The second kappa shape index (κ2) is 8.67. The zero-order chi connectivity index (χ0) is 15.7. The maximum absolute atomic E-state index is 11.5. The third-order valence-corrected chi connectivity index (χ3v) is 3.03. The third kappa shape index (κ3) is 7.71. The van der Waals surface area contributed by atoms with Crippen LogP contribution in [0.25, 0.3) is 0 Å². The van der Waals surface area contributed by atoms with Crippen molar-refractivity contribution in [2.45, 2.75) is 52.2 Å². The lowest BCUT2D eigenvalue weighted by Crippen LogP contribution is -2.39. The van der Waals surface area contributed by atoms with Crippen molar-refractivity contribution in [2.75, 3.05) is 13.1 Å². The first-order chi connectivity index (χ1) is 9.92. The van der Waals surface area contributed by atoms with Crippen LogP contribution >= 0.6 is 0 Å². The monoisotopic (exact) mass is 293 g/mol. The summed E-state index contributed by atoms with van der Waals surface area (Å²) in [6.07, 6.45) is 3.30. The van der Waals surface area contributed by atoms with Gasteiger partial charge in [-0.05, 0) is 45.6 Å². The summed E-state index contributed by atoms with van der Waals surface area (Å²) in [5.41, 5.74) is 0.599. The van der Waals surface area contributed by atoms with Gasteiger partial charge in [0.25, 0.3) is 0 Å². The van der Waals surface area contributed by atoms with Crippen LogP contribution in [-0.4, -0.2) is 34.8 Å². The van der Waals surface area contributed by atoms with E-state index < -0.39 is 0 Å². The predicted octanol–water partition coefficient (Wildman–Crippen LogP) is 3.59. The normalized spacial score (nSPS) is 15.0. The van der Waals surface area contributed by atoms with E-state index in [1.54, 1.807) is 4.90 Å². The van der Waals surface area contributed by atoms with E-state index in [1.165, 1.54) is 6.42 Å². The molecule has 1 aliphatic heterocycles. The number of hydrogen-bond acceptors (Lipinski definition) is 3. The van der Waals surface area contributed by atoms with E-state index in [1.807, 2.05) is 51.1 Å². The lowest BCUT2D eigenvalue weighted by Gasteiger charge is -2.29. The minimum absolute atomic E-state index is 0.140. The van der Waals surface area contributed by atoms with Crippen LogP contribution in [0.3, 0.4) is 0 Å². The highest BCUT2D eigenvalue weighted by Crippen LogP contribution is 2.14. The van der Waals surface area contributed by atoms with Crippen molar-refractivity contribution in [3.05, 3.63) is 35.9 Å². The van der Waals surface area contributed by atoms with Crippen molar-refractivity contribution in [1.29, 1.82) is 0 Å². The summed E-state index contributed by atoms with van der Waals surface area (Å²) in [4.78, 5) is 13.3. The number of carbonyl (C=O) groups excluding carboxylic acids is 1. The minimum atomic E-state index is -0.367. The van der Waals surface area contributed by atoms with E-state index in [4.69, 9.17) is 9.84 Å². The van der Waals surface area contributed by atoms with Gasteiger partial charge in [0.15, 0.2) is 0 Å². The first-order valence-electron chi connectivity index (χ1n) is 7.55. The Morgan fingerprint density at radius 3 is 2.14 bits per heavy atom. The minimum Gasteiger partial charge on any atom is -0.444 e. The molecule has 0 spiro atoms. The van der Waals surface area contributed by atoms with Gasteiger partial charge in [-0.2, -0.15) is 0 Å². The lowest BCUT2D eigenvalue weighted by molar-refractivity contribution is 0.0216. The first-order valence-corrected chi connectivity index (χ1v) is 7.55. The molecule has 0 aliphatic carbocycles. The molecular formula is C17H27NO3. The van der Waals surface area contributed by atoms with Gasteiger partial charge in [-0.3, -0.25) is 0 Å². The molecule has 2 rings (SSSR count). The molecule has 1 aliphatic rings. The summed E-state index contributed by atoms with van der Waals surface area (Å²) >= 11 is 0. The Hall–Kier alpha value is -1.55. The predicted molar refractivity (Wildman–Crippen MR) is 84.0 cm³/mol. The fraction of sp³-hybridized carbons (Fsp3) is 0.588. The summed E-state index contributed by atoms with van der Waals surface area (Å²) in [7, 11) is 0. The van der Waals surface area contributed by atoms with Gasteiger partial charge < -0.3 is 14.7 Å². The Morgan fingerprint density at radius 1 is 1.14 bits per heavy atom. The number of likely N-dealkylation sites (tertiary alicyclic amines) is 1. The number of ether oxygens (including phenoxy) is 1. The molecule has 21 heavy (non-hydrogen) atoms. The second-order valence-electron chi connectivity index (χ2n) is 6.17. The van der Waals surface area contributed by atoms with Crippen molar-refractivity contribution in [1.82, 2.24) is 4.90 Å². The molecule has 4 nitrogen and oxygen atoms in total. The number of benzene rings is 1. The largest absolute Gasteiger partial charge is 0.444 e. The zero-order valence-corrected chi connectivity index (χ0v) is 13.3. The van der Waals surface area contributed by atoms with Gasteiger partial charge in [0.2, 0.25) is 0 Å². The number of aliphatic hydroxyl groups is 1. The molecule has 0 radical (unpaired) electrons. The van der Waals surface area contributed by atoms with Crippen molar-refractivity contribution < 1.29 is 14.6 Å². The number of piperidine rings is 1. The van der Waals surface area contributed by atoms with Gasteiger partial charge in [-0.25, -0.2) is 4.79 Å². The Labute approximate surface area is 127 Å². The van der Waals surface area contributed by atoms with Crippen LogP contribution in [0.5, 0.6) is 0 Å². The van der Waals surface area contributed by atoms with Crippen LogP contribution in [-0.2, 0) is 11.3 Å². The van der Waals surface area contributed by atoms with E-state index >= 15 is 0 Å². The topological polar surface area (TPSA) is 49.8 Å². The third-order valence-electron chi connectivity index (χ3n) is 3.03. The highest BCUT2D eigenvalue weighted by atomic mass is 16.6. The first kappa shape index (κ1) is 17.5. The summed E-state index contributed by atoms with van der Waals surface area (Å²) in [6, 6.07) is 9.52. The quantitative estimate of drug-likeness (QED) is 0.861. The van der Waals surface area contributed by atoms with Crippen molar-refractivity contribution in [3.8, 4) is 0 Å². The van der Waals surface area contributed by atoms with Crippen molar-refractivity contribution in [3.63, 3.8) is 0 Å². The second-order valence-corrected chi connectivity index (χ2v) is 6.17. The SMILES string of the molecule is CC(C)(C)OC(=O)N1CCCCC1.OCc1ccccc1.